The zero-order valence-corrected chi connectivity index (χ0v) is 12.0. The molecule has 2 rings (SSSR count). The summed E-state index contributed by atoms with van der Waals surface area (Å²) in [6, 6.07) is 4.77. The molecule has 0 fully saturated rings. The van der Waals surface area contributed by atoms with Crippen molar-refractivity contribution >= 4 is 34.5 Å². The van der Waals surface area contributed by atoms with Crippen LogP contribution in [0, 0.1) is 0 Å². The molecule has 1 aromatic carbocycles. The number of carbonyl (C=O) groups excluding carboxylic acids is 1. The molecule has 2 aromatic rings. The lowest BCUT2D eigenvalue weighted by molar-refractivity contribution is 0.0935. The average Bonchev–Trinajstić information content (AvgIpc) is 2.92. The standard InChI is InChI=1S/C13H14ClN3OS/c1-2-11(13-16-5-6-19-13)17-12(18)8-3-4-10(15)9(14)7-8/h3-7,11H,2,15H2,1H3,(H,17,18). The van der Waals surface area contributed by atoms with Crippen LogP contribution in [0.3, 0.4) is 0 Å². The Kier molecular flexibility index (Phi) is 4.39. The van der Waals surface area contributed by atoms with E-state index < -0.39 is 0 Å². The highest BCUT2D eigenvalue weighted by Crippen LogP contribution is 2.22. The molecule has 0 aliphatic carbocycles. The third kappa shape index (κ3) is 3.24. The van der Waals surface area contributed by atoms with Crippen LogP contribution in [-0.4, -0.2) is 10.9 Å². The van der Waals surface area contributed by atoms with Crippen LogP contribution < -0.4 is 11.1 Å². The van der Waals surface area contributed by atoms with E-state index in [9.17, 15) is 4.79 Å². The molecule has 0 saturated heterocycles. The molecule has 0 aliphatic rings. The second-order valence-electron chi connectivity index (χ2n) is 4.04. The van der Waals surface area contributed by atoms with Crippen LogP contribution in [0.5, 0.6) is 0 Å². The summed E-state index contributed by atoms with van der Waals surface area (Å²) in [6.45, 7) is 2.00. The first-order valence-corrected chi connectivity index (χ1v) is 7.13. The highest BCUT2D eigenvalue weighted by atomic mass is 35.5. The molecule has 1 unspecified atom stereocenters. The molecule has 0 bridgehead atoms. The Bertz CT molecular complexity index is 571. The number of rotatable bonds is 4. The van der Waals surface area contributed by atoms with Gasteiger partial charge in [-0.05, 0) is 24.6 Å². The summed E-state index contributed by atoms with van der Waals surface area (Å²) in [7, 11) is 0. The first kappa shape index (κ1) is 13.8. The van der Waals surface area contributed by atoms with E-state index in [1.54, 1.807) is 24.4 Å². The minimum atomic E-state index is -0.177. The second kappa shape index (κ2) is 6.04. The quantitative estimate of drug-likeness (QED) is 0.851. The normalized spacial score (nSPS) is 12.1. The second-order valence-corrected chi connectivity index (χ2v) is 5.37. The van der Waals surface area contributed by atoms with Crippen molar-refractivity contribution in [3.63, 3.8) is 0 Å². The molecule has 1 aromatic heterocycles. The zero-order chi connectivity index (χ0) is 13.8. The number of halogens is 1. The van der Waals surface area contributed by atoms with Gasteiger partial charge >= 0.3 is 0 Å². The number of carbonyl (C=O) groups is 1. The molecule has 0 spiro atoms. The maximum absolute atomic E-state index is 12.1. The molecular weight excluding hydrogens is 282 g/mol. The summed E-state index contributed by atoms with van der Waals surface area (Å²) in [5.74, 6) is -0.177. The van der Waals surface area contributed by atoms with Gasteiger partial charge in [-0.3, -0.25) is 4.79 Å². The number of anilines is 1. The van der Waals surface area contributed by atoms with Gasteiger partial charge in [0, 0.05) is 17.1 Å². The van der Waals surface area contributed by atoms with Crippen LogP contribution in [0.15, 0.2) is 29.8 Å². The number of thiazole rings is 1. The molecule has 19 heavy (non-hydrogen) atoms. The van der Waals surface area contributed by atoms with Crippen molar-refractivity contribution in [2.24, 2.45) is 0 Å². The van der Waals surface area contributed by atoms with E-state index in [1.807, 2.05) is 12.3 Å². The number of hydrogen-bond acceptors (Lipinski definition) is 4. The smallest absolute Gasteiger partial charge is 0.251 e. The third-order valence-electron chi connectivity index (χ3n) is 2.73. The summed E-state index contributed by atoms with van der Waals surface area (Å²) in [5.41, 5.74) is 6.58. The van der Waals surface area contributed by atoms with Gasteiger partial charge in [0.05, 0.1) is 16.8 Å². The van der Waals surface area contributed by atoms with Crippen LogP contribution in [0.4, 0.5) is 5.69 Å². The molecule has 100 valence electrons. The van der Waals surface area contributed by atoms with Gasteiger partial charge in [-0.15, -0.1) is 11.3 Å². The monoisotopic (exact) mass is 295 g/mol. The summed E-state index contributed by atoms with van der Waals surface area (Å²) in [5, 5.41) is 6.12. The van der Waals surface area contributed by atoms with Gasteiger partial charge in [-0.2, -0.15) is 0 Å². The van der Waals surface area contributed by atoms with Crippen LogP contribution >= 0.6 is 22.9 Å². The summed E-state index contributed by atoms with van der Waals surface area (Å²) < 4.78 is 0. The Balaban J connectivity index is 2.13. The van der Waals surface area contributed by atoms with E-state index in [2.05, 4.69) is 10.3 Å². The van der Waals surface area contributed by atoms with Gasteiger partial charge in [0.15, 0.2) is 0 Å². The minimum Gasteiger partial charge on any atom is -0.398 e. The van der Waals surface area contributed by atoms with E-state index in [0.717, 1.165) is 11.4 Å². The number of nitrogens with two attached hydrogens (primary N) is 1. The molecule has 0 aliphatic heterocycles. The van der Waals surface area contributed by atoms with Crippen molar-refractivity contribution < 1.29 is 4.79 Å². The Hall–Kier alpha value is -1.59. The zero-order valence-electron chi connectivity index (χ0n) is 10.4. The Morgan fingerprint density at radius 2 is 2.37 bits per heavy atom. The maximum atomic E-state index is 12.1. The van der Waals surface area contributed by atoms with Gasteiger partial charge in [0.1, 0.15) is 5.01 Å². The lowest BCUT2D eigenvalue weighted by Gasteiger charge is -2.14. The summed E-state index contributed by atoms with van der Waals surface area (Å²) in [6.07, 6.45) is 2.51. The van der Waals surface area contributed by atoms with Gasteiger partial charge < -0.3 is 11.1 Å². The van der Waals surface area contributed by atoms with Crippen molar-refractivity contribution in [2.45, 2.75) is 19.4 Å². The Morgan fingerprint density at radius 3 is 2.95 bits per heavy atom. The number of amides is 1. The van der Waals surface area contributed by atoms with Crippen molar-refractivity contribution in [1.82, 2.24) is 10.3 Å². The number of nitrogens with one attached hydrogen (secondary N) is 1. The van der Waals surface area contributed by atoms with Crippen LogP contribution in [-0.2, 0) is 0 Å². The van der Waals surface area contributed by atoms with Crippen LogP contribution in [0.25, 0.3) is 0 Å². The number of nitrogen functional groups attached to an aromatic ring is 1. The third-order valence-corrected chi connectivity index (χ3v) is 3.94. The van der Waals surface area contributed by atoms with Crippen molar-refractivity contribution in [2.75, 3.05) is 5.73 Å². The average molecular weight is 296 g/mol. The fraction of sp³-hybridized carbons (Fsp3) is 0.231. The Labute approximate surface area is 120 Å². The van der Waals surface area contributed by atoms with Crippen LogP contribution in [0.2, 0.25) is 5.02 Å². The SMILES string of the molecule is CCC(NC(=O)c1ccc(N)c(Cl)c1)c1nccs1. The van der Waals surface area contributed by atoms with Crippen molar-refractivity contribution in [1.29, 1.82) is 0 Å². The topological polar surface area (TPSA) is 68.0 Å². The minimum absolute atomic E-state index is 0.0798. The van der Waals surface area contributed by atoms with Gasteiger partial charge in [-0.1, -0.05) is 18.5 Å². The lowest BCUT2D eigenvalue weighted by Crippen LogP contribution is -2.28. The fourth-order valence-corrected chi connectivity index (χ4v) is 2.61. The molecule has 0 radical (unpaired) electrons. The molecule has 1 heterocycles. The lowest BCUT2D eigenvalue weighted by atomic mass is 10.1. The predicted octanol–water partition coefficient (Wildman–Crippen LogP) is 3.26. The van der Waals surface area contributed by atoms with E-state index in [4.69, 9.17) is 17.3 Å². The van der Waals surface area contributed by atoms with E-state index in [0.29, 0.717) is 16.3 Å². The van der Waals surface area contributed by atoms with E-state index >= 15 is 0 Å². The number of benzene rings is 1. The highest BCUT2D eigenvalue weighted by Gasteiger charge is 2.16. The van der Waals surface area contributed by atoms with Gasteiger partial charge in [-0.25, -0.2) is 4.98 Å². The Morgan fingerprint density at radius 1 is 1.58 bits per heavy atom. The summed E-state index contributed by atoms with van der Waals surface area (Å²) >= 11 is 7.44. The first-order chi connectivity index (χ1) is 9.11. The highest BCUT2D eigenvalue weighted by molar-refractivity contribution is 7.09. The van der Waals surface area contributed by atoms with Gasteiger partial charge in [0.2, 0.25) is 0 Å². The molecular formula is C13H14ClN3OS. The first-order valence-electron chi connectivity index (χ1n) is 5.87. The number of aromatic nitrogens is 1. The van der Waals surface area contributed by atoms with Crippen molar-refractivity contribution in [3.05, 3.63) is 45.4 Å². The van der Waals surface area contributed by atoms with E-state index in [-0.39, 0.29) is 11.9 Å². The fourth-order valence-electron chi connectivity index (χ4n) is 1.65. The van der Waals surface area contributed by atoms with Crippen LogP contribution in [0.1, 0.15) is 34.8 Å². The molecule has 1 amide bonds. The van der Waals surface area contributed by atoms with Crippen molar-refractivity contribution in [3.8, 4) is 0 Å². The molecule has 0 saturated carbocycles. The molecule has 3 N–H and O–H groups in total. The predicted molar refractivity (Wildman–Crippen MR) is 78.5 cm³/mol. The molecule has 1 atom stereocenters. The summed E-state index contributed by atoms with van der Waals surface area (Å²) in [4.78, 5) is 16.4. The largest absolute Gasteiger partial charge is 0.398 e. The number of nitrogens with zero attached hydrogens (tertiary/aromatic N) is 1. The van der Waals surface area contributed by atoms with Gasteiger partial charge in [0.25, 0.3) is 5.91 Å². The maximum Gasteiger partial charge on any atom is 0.251 e. The number of hydrogen-bond donors (Lipinski definition) is 2. The molecule has 4 nitrogen and oxygen atoms in total. The van der Waals surface area contributed by atoms with E-state index in [1.165, 1.54) is 11.3 Å². The molecule has 6 heteroatoms.